The first kappa shape index (κ1) is 57.1. The predicted molar refractivity (Wildman–Crippen MR) is 181 cm³/mol. The highest BCUT2D eigenvalue weighted by atomic mass is 16.1. The van der Waals surface area contributed by atoms with Crippen LogP contribution in [0.3, 0.4) is 0 Å². The fraction of sp³-hybridized carbons (Fsp3) is 0.633. The lowest BCUT2D eigenvalue weighted by Crippen LogP contribution is -2.02. The molecule has 2 aromatic rings. The van der Waals surface area contributed by atoms with Crippen molar-refractivity contribution in [3.63, 3.8) is 0 Å². The summed E-state index contributed by atoms with van der Waals surface area (Å²) in [5.41, 5.74) is 2.35. The van der Waals surface area contributed by atoms with E-state index >= 15 is 0 Å². The quantitative estimate of drug-likeness (QED) is 0.108. The Morgan fingerprint density at radius 2 is 1.02 bits per heavy atom. The Kier molecular flexibility index (Phi) is 70.0. The number of carbonyl (C=O) groups is 1. The maximum atomic E-state index is 9.50. The summed E-state index contributed by atoms with van der Waals surface area (Å²) >= 11 is 0. The number of rotatable bonds is 4. The molecular weight excluding hydrogens is 504 g/mol. The summed E-state index contributed by atoms with van der Waals surface area (Å²) < 4.78 is 0. The monoisotopic (exact) mass is 573 g/mol. The maximum Gasteiger partial charge on any atom is 0.122 e. The van der Waals surface area contributed by atoms with Crippen LogP contribution in [0.5, 0.6) is 0 Å². The van der Waals surface area contributed by atoms with Gasteiger partial charge in [-0.3, -0.25) is 21.9 Å². The molecule has 0 aliphatic carbocycles. The molecular formula is C30H68N8O2. The van der Waals surface area contributed by atoms with Gasteiger partial charge in [-0.25, -0.2) is 0 Å². The summed E-state index contributed by atoms with van der Waals surface area (Å²) in [6.45, 7) is 22.5. The van der Waals surface area contributed by atoms with Gasteiger partial charge in [-0.15, -0.1) is 0 Å². The van der Waals surface area contributed by atoms with Crippen molar-refractivity contribution in [3.05, 3.63) is 48.1 Å². The molecule has 2 aromatic heterocycles. The Labute approximate surface area is 247 Å². The number of aromatic amines is 2. The predicted octanol–water partition coefficient (Wildman–Crippen LogP) is 6.45. The second-order valence-corrected chi connectivity index (χ2v) is 9.00. The van der Waals surface area contributed by atoms with E-state index in [1.807, 2.05) is 59.4 Å². The maximum absolute atomic E-state index is 9.50. The zero-order chi connectivity index (χ0) is 30.1. The number of allylic oxidation sites excluding steroid dienone is 2. The number of aryl methyl sites for hydroxylation is 2. The molecule has 0 atom stereocenters. The lowest BCUT2D eigenvalue weighted by molar-refractivity contribution is -0.110. The SMILES string of the molecule is C.C.CC(C)C=O.CC=CC(C)C.CN=CC(C)C.CN=CC(C)C.Cc1cn[nH]c1.Cc1cn[nH]c1.NN.O. The molecule has 2 rings (SSSR count). The van der Waals surface area contributed by atoms with Gasteiger partial charge < -0.3 is 20.3 Å². The first-order chi connectivity index (χ1) is 17.4. The minimum Gasteiger partial charge on any atom is -0.412 e. The van der Waals surface area contributed by atoms with Crippen molar-refractivity contribution in [2.24, 2.45) is 45.3 Å². The molecule has 0 spiro atoms. The number of aliphatic imine (C=N–C) groups is 2. The first-order valence-corrected chi connectivity index (χ1v) is 12.5. The molecule has 240 valence electrons. The zero-order valence-corrected chi connectivity index (χ0v) is 26.4. The lowest BCUT2D eigenvalue weighted by Gasteiger charge is -1.86. The zero-order valence-electron chi connectivity index (χ0n) is 26.4. The smallest absolute Gasteiger partial charge is 0.122 e. The summed E-state index contributed by atoms with van der Waals surface area (Å²) in [6.07, 6.45) is 16.2. The standard InChI is InChI=1S/C6H12.2C5H11N.2C4H6N2.C4H8O.2CH4.H4N2.H2O/c1-4-5-6(2)3;2*1-5(2)4-6-3;2*1-4-2-5-6-3-4;1-4(2)3-5;;;1-2;/h4-6H,1-3H3;2*4-5H,1-3H3;2*2-3H,1H3,(H,5,6);3-4H,1-2H3;2*1H4;1-2H2;1H2. The van der Waals surface area contributed by atoms with Crippen molar-refractivity contribution in [2.75, 3.05) is 14.1 Å². The second-order valence-electron chi connectivity index (χ2n) is 9.00. The van der Waals surface area contributed by atoms with E-state index in [0.717, 1.165) is 12.2 Å². The van der Waals surface area contributed by atoms with Gasteiger partial charge in [0.2, 0.25) is 0 Å². The van der Waals surface area contributed by atoms with Crippen molar-refractivity contribution in [2.45, 2.75) is 91.0 Å². The van der Waals surface area contributed by atoms with E-state index in [2.05, 4.69) is 95.8 Å². The second kappa shape index (κ2) is 49.0. The van der Waals surface area contributed by atoms with Gasteiger partial charge in [0.1, 0.15) is 6.29 Å². The number of nitrogens with one attached hydrogen (secondary N) is 2. The van der Waals surface area contributed by atoms with Crippen LogP contribution >= 0.6 is 0 Å². The Morgan fingerprint density at radius 3 is 1.05 bits per heavy atom. The third-order valence-corrected chi connectivity index (χ3v) is 3.01. The van der Waals surface area contributed by atoms with E-state index in [4.69, 9.17) is 0 Å². The highest BCUT2D eigenvalue weighted by molar-refractivity contribution is 5.59. The van der Waals surface area contributed by atoms with Crippen molar-refractivity contribution < 1.29 is 10.3 Å². The molecule has 0 bridgehead atoms. The fourth-order valence-corrected chi connectivity index (χ4v) is 1.61. The van der Waals surface area contributed by atoms with Gasteiger partial charge in [-0.2, -0.15) is 10.2 Å². The average Bonchev–Trinajstić information content (AvgIpc) is 3.50. The minimum atomic E-state index is 0. The molecule has 0 amide bonds. The highest BCUT2D eigenvalue weighted by Gasteiger charge is 1.80. The van der Waals surface area contributed by atoms with Gasteiger partial charge in [0.05, 0.1) is 12.4 Å². The molecule has 0 saturated carbocycles. The molecule has 0 aliphatic rings. The summed E-state index contributed by atoms with van der Waals surface area (Å²) in [7, 11) is 3.58. The number of hydrogen-bond donors (Lipinski definition) is 4. The molecule has 0 aromatic carbocycles. The van der Waals surface area contributed by atoms with E-state index in [9.17, 15) is 4.79 Å². The summed E-state index contributed by atoms with van der Waals surface area (Å²) in [4.78, 5) is 17.1. The van der Waals surface area contributed by atoms with Gasteiger partial charge in [0.15, 0.2) is 0 Å². The number of carbonyl (C=O) groups excluding carboxylic acids is 1. The summed E-state index contributed by atoms with van der Waals surface area (Å²) in [5.74, 6) is 10.1. The topological polar surface area (TPSA) is 183 Å². The fourth-order valence-electron chi connectivity index (χ4n) is 1.61. The van der Waals surface area contributed by atoms with E-state index in [1.54, 1.807) is 26.5 Å². The van der Waals surface area contributed by atoms with Gasteiger partial charge in [-0.1, -0.05) is 82.4 Å². The van der Waals surface area contributed by atoms with Crippen LogP contribution in [0.25, 0.3) is 0 Å². The van der Waals surface area contributed by atoms with Crippen LogP contribution in [-0.4, -0.2) is 58.7 Å². The number of nitrogens with zero attached hydrogens (tertiary/aromatic N) is 4. The molecule has 0 saturated heterocycles. The molecule has 2 heterocycles. The van der Waals surface area contributed by atoms with E-state index < -0.39 is 0 Å². The third kappa shape index (κ3) is 83.6. The van der Waals surface area contributed by atoms with E-state index in [1.165, 1.54) is 11.1 Å². The number of nitrogens with two attached hydrogens (primary N) is 2. The van der Waals surface area contributed by atoms with Crippen LogP contribution in [0.4, 0.5) is 0 Å². The summed E-state index contributed by atoms with van der Waals surface area (Å²) in [6, 6.07) is 0. The third-order valence-electron chi connectivity index (χ3n) is 3.01. The Hall–Kier alpha value is -2.95. The van der Waals surface area contributed by atoms with Crippen molar-refractivity contribution in [1.29, 1.82) is 0 Å². The Morgan fingerprint density at radius 1 is 0.725 bits per heavy atom. The van der Waals surface area contributed by atoms with Gasteiger partial charge >= 0.3 is 0 Å². The molecule has 0 fully saturated rings. The van der Waals surface area contributed by atoms with Crippen molar-refractivity contribution in [1.82, 2.24) is 20.4 Å². The number of hydrogen-bond acceptors (Lipinski definition) is 7. The van der Waals surface area contributed by atoms with Crippen LogP contribution in [0.1, 0.15) is 88.3 Å². The lowest BCUT2D eigenvalue weighted by atomic mass is 10.2. The number of aromatic nitrogens is 4. The Bertz CT molecular complexity index is 638. The molecule has 0 aliphatic heterocycles. The van der Waals surface area contributed by atoms with Crippen LogP contribution in [0, 0.1) is 37.5 Å². The number of hydrazine groups is 1. The van der Waals surface area contributed by atoms with Crippen LogP contribution < -0.4 is 11.7 Å². The van der Waals surface area contributed by atoms with E-state index in [0.29, 0.717) is 11.8 Å². The molecule has 0 unspecified atom stereocenters. The average molecular weight is 573 g/mol. The first-order valence-electron chi connectivity index (χ1n) is 12.5. The molecule has 8 N–H and O–H groups in total. The minimum absolute atomic E-state index is 0. The van der Waals surface area contributed by atoms with Crippen LogP contribution in [0.15, 0.2) is 46.9 Å². The highest BCUT2D eigenvalue weighted by Crippen LogP contribution is 1.90. The molecule has 10 nitrogen and oxygen atoms in total. The molecule has 0 radical (unpaired) electrons. The van der Waals surface area contributed by atoms with Crippen molar-refractivity contribution in [3.8, 4) is 0 Å². The van der Waals surface area contributed by atoms with E-state index in [-0.39, 0.29) is 26.2 Å². The van der Waals surface area contributed by atoms with Crippen molar-refractivity contribution >= 4 is 18.7 Å². The normalized spacial score (nSPS) is 8.97. The van der Waals surface area contributed by atoms with Crippen LogP contribution in [-0.2, 0) is 4.79 Å². The molecule has 10 heteroatoms. The largest absolute Gasteiger partial charge is 0.412 e. The molecule has 40 heavy (non-hydrogen) atoms. The van der Waals surface area contributed by atoms with Gasteiger partial charge in [0.25, 0.3) is 0 Å². The number of aldehydes is 1. The number of H-pyrrole nitrogens is 2. The van der Waals surface area contributed by atoms with Crippen LogP contribution in [0.2, 0.25) is 0 Å². The van der Waals surface area contributed by atoms with Gasteiger partial charge in [0, 0.05) is 44.8 Å². The Balaban J connectivity index is -0.0000000499. The van der Waals surface area contributed by atoms with Gasteiger partial charge in [-0.05, 0) is 49.7 Å². The summed E-state index contributed by atoms with van der Waals surface area (Å²) in [5, 5.41) is 12.8.